The van der Waals surface area contributed by atoms with Gasteiger partial charge in [0.05, 0.1) is 5.41 Å². The van der Waals surface area contributed by atoms with Crippen LogP contribution in [0.2, 0.25) is 0 Å². The van der Waals surface area contributed by atoms with Gasteiger partial charge in [-0.15, -0.1) is 0 Å². The molecule has 0 bridgehead atoms. The van der Waals surface area contributed by atoms with Gasteiger partial charge in [0.15, 0.2) is 0 Å². The number of rotatable bonds is 1. The van der Waals surface area contributed by atoms with Gasteiger partial charge < -0.3 is 0 Å². The molecule has 8 aromatic carbocycles. The van der Waals surface area contributed by atoms with Crippen LogP contribution in [0.5, 0.6) is 0 Å². The summed E-state index contributed by atoms with van der Waals surface area (Å²) in [6, 6.07) is 59.1. The van der Waals surface area contributed by atoms with Crippen molar-refractivity contribution in [3.05, 3.63) is 180 Å². The van der Waals surface area contributed by atoms with Gasteiger partial charge in [0, 0.05) is 0 Å². The number of hydrogen-bond donors (Lipinski definition) is 0. The van der Waals surface area contributed by atoms with E-state index in [1.807, 2.05) is 0 Å². The molecule has 0 aliphatic heterocycles. The Kier molecular flexibility index (Phi) is 4.47. The summed E-state index contributed by atoms with van der Waals surface area (Å²) in [5.41, 5.74) is 13.1. The first-order valence-corrected chi connectivity index (χ1v) is 15.1. The van der Waals surface area contributed by atoms with E-state index < -0.39 is 0 Å². The summed E-state index contributed by atoms with van der Waals surface area (Å²) in [6.07, 6.45) is 0. The molecule has 0 heteroatoms. The zero-order valence-corrected chi connectivity index (χ0v) is 23.5. The maximum atomic E-state index is 2.50. The third-order valence-corrected chi connectivity index (χ3v) is 10.0. The average Bonchev–Trinajstić information content (AvgIpc) is 3.54. The summed E-state index contributed by atoms with van der Waals surface area (Å²) in [5, 5.41) is 7.74. The molecule has 198 valence electrons. The van der Waals surface area contributed by atoms with Gasteiger partial charge in [-0.2, -0.15) is 0 Å². The maximum Gasteiger partial charge on any atom is 0.0725 e. The number of fused-ring (bicyclic) bond motifs is 14. The van der Waals surface area contributed by atoms with Crippen molar-refractivity contribution >= 4 is 32.3 Å². The Balaban J connectivity index is 1.31. The van der Waals surface area contributed by atoms with Crippen molar-refractivity contribution in [2.75, 3.05) is 0 Å². The molecule has 8 aromatic rings. The third kappa shape index (κ3) is 2.90. The predicted octanol–water partition coefficient (Wildman–Crippen LogP) is 11.2. The lowest BCUT2D eigenvalue weighted by Gasteiger charge is -2.30. The fourth-order valence-corrected chi connectivity index (χ4v) is 8.30. The van der Waals surface area contributed by atoms with E-state index in [1.54, 1.807) is 0 Å². The smallest absolute Gasteiger partial charge is 0.0619 e. The zero-order chi connectivity index (χ0) is 28.1. The summed E-state index contributed by atoms with van der Waals surface area (Å²) >= 11 is 0. The van der Waals surface area contributed by atoms with Crippen molar-refractivity contribution in [2.45, 2.75) is 5.41 Å². The Bertz CT molecular complexity index is 2400. The van der Waals surface area contributed by atoms with Gasteiger partial charge in [-0.1, -0.05) is 140 Å². The summed E-state index contributed by atoms with van der Waals surface area (Å²) < 4.78 is 0. The van der Waals surface area contributed by atoms with Crippen LogP contribution in [0.25, 0.3) is 65.7 Å². The zero-order valence-electron chi connectivity index (χ0n) is 23.5. The Morgan fingerprint density at radius 2 is 0.814 bits per heavy atom. The van der Waals surface area contributed by atoms with Crippen LogP contribution in [0.15, 0.2) is 158 Å². The minimum absolute atomic E-state index is 0.335. The minimum Gasteiger partial charge on any atom is -0.0619 e. The largest absolute Gasteiger partial charge is 0.0725 e. The quantitative estimate of drug-likeness (QED) is 0.143. The van der Waals surface area contributed by atoms with Crippen LogP contribution in [-0.4, -0.2) is 0 Å². The van der Waals surface area contributed by atoms with Crippen molar-refractivity contribution in [1.82, 2.24) is 0 Å². The second kappa shape index (κ2) is 8.31. The standard InChI is InChI=1S/C43H26/c1-2-11-29-25-37-30(24-28(29)10-1)21-20-27-12-9-16-32(42(27)37)31-22-23-36-35-15-5-8-19-40(35)43(41(36)26-31)38-17-6-3-13-33(38)34-14-4-7-18-39(34)43/h1-26H. The van der Waals surface area contributed by atoms with E-state index in [2.05, 4.69) is 158 Å². The molecule has 2 aliphatic rings. The van der Waals surface area contributed by atoms with Crippen LogP contribution in [0.1, 0.15) is 22.3 Å². The van der Waals surface area contributed by atoms with Gasteiger partial charge in [0.25, 0.3) is 0 Å². The Hall–Kier alpha value is -5.46. The lowest BCUT2D eigenvalue weighted by atomic mass is 9.70. The molecular weight excluding hydrogens is 516 g/mol. The molecule has 0 saturated carbocycles. The third-order valence-electron chi connectivity index (χ3n) is 10.0. The van der Waals surface area contributed by atoms with Crippen LogP contribution in [0.4, 0.5) is 0 Å². The van der Waals surface area contributed by atoms with E-state index in [0.717, 1.165) is 0 Å². The van der Waals surface area contributed by atoms with Gasteiger partial charge in [-0.05, 0) is 106 Å². The molecule has 0 radical (unpaired) electrons. The Labute approximate surface area is 250 Å². The molecule has 0 unspecified atom stereocenters. The molecule has 0 aromatic heterocycles. The van der Waals surface area contributed by atoms with Gasteiger partial charge >= 0.3 is 0 Å². The molecule has 0 fully saturated rings. The van der Waals surface area contributed by atoms with Crippen LogP contribution in [0.3, 0.4) is 0 Å². The molecule has 0 atom stereocenters. The lowest BCUT2D eigenvalue weighted by molar-refractivity contribution is 0.794. The molecule has 0 amide bonds. The number of hydrogen-bond acceptors (Lipinski definition) is 0. The second-order valence-corrected chi connectivity index (χ2v) is 12.0. The SMILES string of the molecule is c1ccc2c(c1)-c1ccccc1C21c2ccccc2-c2ccc(-c3cccc4ccc5cc6ccccc6cc5c34)cc21. The Morgan fingerprint density at radius 3 is 1.49 bits per heavy atom. The molecule has 2 aliphatic carbocycles. The highest BCUT2D eigenvalue weighted by molar-refractivity contribution is 6.17. The van der Waals surface area contributed by atoms with Crippen LogP contribution >= 0.6 is 0 Å². The molecule has 10 rings (SSSR count). The van der Waals surface area contributed by atoms with Crippen molar-refractivity contribution < 1.29 is 0 Å². The first kappa shape index (κ1) is 23.1. The normalized spacial score (nSPS) is 13.8. The van der Waals surface area contributed by atoms with Crippen molar-refractivity contribution in [2.24, 2.45) is 0 Å². The molecule has 1 spiro atoms. The van der Waals surface area contributed by atoms with Crippen LogP contribution in [-0.2, 0) is 5.41 Å². The maximum absolute atomic E-state index is 2.50. The summed E-state index contributed by atoms with van der Waals surface area (Å²) in [6.45, 7) is 0. The highest BCUT2D eigenvalue weighted by atomic mass is 14.5. The van der Waals surface area contributed by atoms with Crippen LogP contribution in [0, 0.1) is 0 Å². The second-order valence-electron chi connectivity index (χ2n) is 12.0. The van der Waals surface area contributed by atoms with E-state index in [-0.39, 0.29) is 5.41 Å². The molecule has 43 heavy (non-hydrogen) atoms. The fourth-order valence-electron chi connectivity index (χ4n) is 8.30. The highest BCUT2D eigenvalue weighted by Crippen LogP contribution is 2.63. The lowest BCUT2D eigenvalue weighted by Crippen LogP contribution is -2.25. The van der Waals surface area contributed by atoms with E-state index in [4.69, 9.17) is 0 Å². The highest BCUT2D eigenvalue weighted by Gasteiger charge is 2.51. The molecule has 0 nitrogen and oxygen atoms in total. The van der Waals surface area contributed by atoms with Gasteiger partial charge in [-0.25, -0.2) is 0 Å². The number of benzene rings is 8. The monoisotopic (exact) mass is 542 g/mol. The first-order valence-electron chi connectivity index (χ1n) is 15.1. The van der Waals surface area contributed by atoms with E-state index in [1.165, 1.54) is 88.0 Å². The Morgan fingerprint density at radius 1 is 0.302 bits per heavy atom. The van der Waals surface area contributed by atoms with Crippen LogP contribution < -0.4 is 0 Å². The molecule has 0 saturated heterocycles. The average molecular weight is 543 g/mol. The topological polar surface area (TPSA) is 0 Å². The van der Waals surface area contributed by atoms with Crippen molar-refractivity contribution in [3.8, 4) is 33.4 Å². The minimum atomic E-state index is -0.335. The van der Waals surface area contributed by atoms with Crippen molar-refractivity contribution in [3.63, 3.8) is 0 Å². The fraction of sp³-hybridized carbons (Fsp3) is 0.0233. The van der Waals surface area contributed by atoms with E-state index >= 15 is 0 Å². The summed E-state index contributed by atoms with van der Waals surface area (Å²) in [5.74, 6) is 0. The van der Waals surface area contributed by atoms with E-state index in [9.17, 15) is 0 Å². The van der Waals surface area contributed by atoms with E-state index in [0.29, 0.717) is 0 Å². The summed E-state index contributed by atoms with van der Waals surface area (Å²) in [7, 11) is 0. The molecular formula is C43H26. The van der Waals surface area contributed by atoms with Crippen molar-refractivity contribution in [1.29, 1.82) is 0 Å². The van der Waals surface area contributed by atoms with Gasteiger partial charge in [0.1, 0.15) is 0 Å². The van der Waals surface area contributed by atoms with Gasteiger partial charge in [-0.3, -0.25) is 0 Å². The van der Waals surface area contributed by atoms with Gasteiger partial charge in [0.2, 0.25) is 0 Å². The molecule has 0 N–H and O–H groups in total. The summed E-state index contributed by atoms with van der Waals surface area (Å²) in [4.78, 5) is 0. The predicted molar refractivity (Wildman–Crippen MR) is 181 cm³/mol. The molecule has 0 heterocycles. The first-order chi connectivity index (χ1) is 21.3.